The maximum Gasteiger partial charge on any atom is 0.291 e. The zero-order valence-electron chi connectivity index (χ0n) is 10.5. The smallest absolute Gasteiger partial charge is 0.291 e. The first kappa shape index (κ1) is 13.5. The Hall–Kier alpha value is -1.89. The number of amides is 2. The summed E-state index contributed by atoms with van der Waals surface area (Å²) < 4.78 is 2.28. The fourth-order valence-electron chi connectivity index (χ4n) is 1.43. The third kappa shape index (κ3) is 2.76. The van der Waals surface area contributed by atoms with Crippen molar-refractivity contribution in [1.82, 2.24) is 20.2 Å². The summed E-state index contributed by atoms with van der Waals surface area (Å²) in [6.07, 6.45) is 1.79. The maximum absolute atomic E-state index is 11.9. The largest absolute Gasteiger partial charge is 0.294 e. The number of halogens is 1. The Balaban J connectivity index is 2.18. The lowest BCUT2D eigenvalue weighted by Gasteiger charge is -2.07. The molecule has 0 aliphatic rings. The predicted molar refractivity (Wildman–Crippen MR) is 73.3 cm³/mol. The average molecular weight is 325 g/mol. The van der Waals surface area contributed by atoms with Crippen molar-refractivity contribution < 1.29 is 9.59 Å². The Morgan fingerprint density at radius 1 is 1.32 bits per heavy atom. The van der Waals surface area contributed by atoms with Gasteiger partial charge in [0.2, 0.25) is 5.91 Å². The van der Waals surface area contributed by atoms with Crippen molar-refractivity contribution in [1.29, 1.82) is 0 Å². The molecule has 2 N–H and O–H groups in total. The van der Waals surface area contributed by atoms with E-state index in [9.17, 15) is 9.59 Å². The maximum atomic E-state index is 11.9. The van der Waals surface area contributed by atoms with Gasteiger partial charge in [0.1, 0.15) is 10.3 Å². The van der Waals surface area contributed by atoms with Gasteiger partial charge in [-0.15, -0.1) is 0 Å². The van der Waals surface area contributed by atoms with Gasteiger partial charge in [-0.25, -0.2) is 4.98 Å². The Kier molecular flexibility index (Phi) is 3.84. The highest BCUT2D eigenvalue weighted by molar-refractivity contribution is 9.10. The van der Waals surface area contributed by atoms with E-state index in [-0.39, 0.29) is 17.5 Å². The van der Waals surface area contributed by atoms with Gasteiger partial charge in [0.25, 0.3) is 5.91 Å². The summed E-state index contributed by atoms with van der Waals surface area (Å²) in [6, 6.07) is 5.45. The lowest BCUT2D eigenvalue weighted by Crippen LogP contribution is -2.43. The van der Waals surface area contributed by atoms with Crippen LogP contribution in [0.4, 0.5) is 0 Å². The molecule has 19 heavy (non-hydrogen) atoms. The summed E-state index contributed by atoms with van der Waals surface area (Å²) in [7, 11) is 0. The molecule has 2 amide bonds. The molecule has 7 heteroatoms. The predicted octanol–water partition coefficient (Wildman–Crippen LogP) is 1.51. The molecule has 0 saturated heterocycles. The number of fused-ring (bicyclic) bond motifs is 1. The highest BCUT2D eigenvalue weighted by Crippen LogP contribution is 2.18. The molecule has 0 radical (unpaired) electrons. The zero-order chi connectivity index (χ0) is 14.0. The first-order valence-corrected chi connectivity index (χ1v) is 6.52. The number of carbonyl (C=O) groups excluding carboxylic acids is 2. The van der Waals surface area contributed by atoms with Crippen LogP contribution in [0.1, 0.15) is 24.3 Å². The first-order valence-electron chi connectivity index (χ1n) is 5.73. The minimum absolute atomic E-state index is 0.204. The molecule has 0 aliphatic carbocycles. The molecule has 2 rings (SSSR count). The van der Waals surface area contributed by atoms with E-state index in [0.29, 0.717) is 10.3 Å². The van der Waals surface area contributed by atoms with E-state index in [1.807, 2.05) is 12.1 Å². The fraction of sp³-hybridized carbons (Fsp3) is 0.250. The van der Waals surface area contributed by atoms with E-state index in [0.717, 1.165) is 0 Å². The highest BCUT2D eigenvalue weighted by Gasteiger charge is 2.17. The SMILES string of the molecule is CC(C)C(=O)NNC(=O)c1nc2ccccn2c1Br. The Morgan fingerprint density at radius 3 is 2.68 bits per heavy atom. The van der Waals surface area contributed by atoms with Gasteiger partial charge in [-0.3, -0.25) is 24.8 Å². The molecule has 100 valence electrons. The van der Waals surface area contributed by atoms with Gasteiger partial charge in [-0.2, -0.15) is 0 Å². The number of hydrogen-bond donors (Lipinski definition) is 2. The van der Waals surface area contributed by atoms with Crippen LogP contribution < -0.4 is 10.9 Å². The zero-order valence-corrected chi connectivity index (χ0v) is 12.1. The number of imidazole rings is 1. The minimum atomic E-state index is -0.468. The number of nitrogens with one attached hydrogen (secondary N) is 2. The van der Waals surface area contributed by atoms with Crippen molar-refractivity contribution in [2.24, 2.45) is 5.92 Å². The summed E-state index contributed by atoms with van der Waals surface area (Å²) in [5.74, 6) is -0.928. The third-order valence-electron chi connectivity index (χ3n) is 2.51. The van der Waals surface area contributed by atoms with Gasteiger partial charge in [-0.1, -0.05) is 19.9 Å². The molecule has 0 bridgehead atoms. The van der Waals surface area contributed by atoms with E-state index >= 15 is 0 Å². The molecule has 0 unspecified atom stereocenters. The number of hydrazine groups is 1. The summed E-state index contributed by atoms with van der Waals surface area (Å²) >= 11 is 3.32. The van der Waals surface area contributed by atoms with Gasteiger partial charge in [-0.05, 0) is 28.1 Å². The number of rotatable bonds is 2. The second kappa shape index (κ2) is 5.40. The van der Waals surface area contributed by atoms with Crippen molar-refractivity contribution in [3.63, 3.8) is 0 Å². The van der Waals surface area contributed by atoms with E-state index in [4.69, 9.17) is 0 Å². The highest BCUT2D eigenvalue weighted by atomic mass is 79.9. The molecule has 0 saturated carbocycles. The number of nitrogens with zero attached hydrogens (tertiary/aromatic N) is 2. The van der Waals surface area contributed by atoms with E-state index in [1.165, 1.54) is 0 Å². The molecule has 2 aromatic rings. The van der Waals surface area contributed by atoms with Crippen LogP contribution in [0.2, 0.25) is 0 Å². The summed E-state index contributed by atoms with van der Waals surface area (Å²) in [5, 5.41) is 0. The van der Waals surface area contributed by atoms with Gasteiger partial charge >= 0.3 is 0 Å². The third-order valence-corrected chi connectivity index (χ3v) is 3.27. The molecule has 2 heterocycles. The van der Waals surface area contributed by atoms with Crippen LogP contribution in [0.5, 0.6) is 0 Å². The van der Waals surface area contributed by atoms with E-state index in [1.54, 1.807) is 30.5 Å². The molecule has 0 spiro atoms. The van der Waals surface area contributed by atoms with Gasteiger partial charge < -0.3 is 0 Å². The average Bonchev–Trinajstić information content (AvgIpc) is 2.73. The van der Waals surface area contributed by atoms with Gasteiger partial charge in [0.15, 0.2) is 5.69 Å². The Morgan fingerprint density at radius 2 is 2.05 bits per heavy atom. The Labute approximate surface area is 118 Å². The van der Waals surface area contributed by atoms with Gasteiger partial charge in [0, 0.05) is 12.1 Å². The summed E-state index contributed by atoms with van der Waals surface area (Å²) in [6.45, 7) is 3.48. The standard InChI is InChI=1S/C12H13BrN4O2/c1-7(2)11(18)15-16-12(19)9-10(13)17-6-4-3-5-8(17)14-9/h3-7H,1-2H3,(H,15,18)(H,16,19). The number of pyridine rings is 1. The van der Waals surface area contributed by atoms with Crippen LogP contribution in [0.25, 0.3) is 5.65 Å². The van der Waals surface area contributed by atoms with E-state index < -0.39 is 5.91 Å². The molecule has 0 aliphatic heterocycles. The molecule has 0 aromatic carbocycles. The second-order valence-electron chi connectivity index (χ2n) is 4.28. The van der Waals surface area contributed by atoms with Crippen molar-refractivity contribution in [3.8, 4) is 0 Å². The summed E-state index contributed by atoms with van der Waals surface area (Å²) in [5.41, 5.74) is 5.55. The van der Waals surface area contributed by atoms with Crippen LogP contribution in [0.15, 0.2) is 29.0 Å². The van der Waals surface area contributed by atoms with Crippen LogP contribution in [0, 0.1) is 5.92 Å². The fourth-order valence-corrected chi connectivity index (χ4v) is 2.00. The molecule has 0 atom stereocenters. The number of hydrogen-bond acceptors (Lipinski definition) is 3. The Bertz CT molecular complexity index is 636. The molecule has 0 fully saturated rings. The first-order chi connectivity index (χ1) is 9.00. The molecule has 2 aromatic heterocycles. The molecule has 6 nitrogen and oxygen atoms in total. The monoisotopic (exact) mass is 324 g/mol. The van der Waals surface area contributed by atoms with E-state index in [2.05, 4.69) is 31.8 Å². The number of aromatic nitrogens is 2. The van der Waals surface area contributed by atoms with Crippen molar-refractivity contribution in [2.45, 2.75) is 13.8 Å². The summed E-state index contributed by atoms with van der Waals surface area (Å²) in [4.78, 5) is 27.5. The lowest BCUT2D eigenvalue weighted by atomic mass is 10.2. The van der Waals surface area contributed by atoms with Crippen molar-refractivity contribution in [2.75, 3.05) is 0 Å². The van der Waals surface area contributed by atoms with Crippen molar-refractivity contribution >= 4 is 33.4 Å². The number of carbonyl (C=O) groups is 2. The quantitative estimate of drug-likeness (QED) is 0.822. The second-order valence-corrected chi connectivity index (χ2v) is 5.03. The van der Waals surface area contributed by atoms with Crippen LogP contribution >= 0.6 is 15.9 Å². The molecular formula is C12H13BrN4O2. The minimum Gasteiger partial charge on any atom is -0.294 e. The normalized spacial score (nSPS) is 10.7. The topological polar surface area (TPSA) is 75.5 Å². The van der Waals surface area contributed by atoms with Crippen LogP contribution in [-0.2, 0) is 4.79 Å². The molecular weight excluding hydrogens is 312 g/mol. The van der Waals surface area contributed by atoms with Gasteiger partial charge in [0.05, 0.1) is 0 Å². The van der Waals surface area contributed by atoms with Crippen molar-refractivity contribution in [3.05, 3.63) is 34.7 Å². The lowest BCUT2D eigenvalue weighted by molar-refractivity contribution is -0.124. The van der Waals surface area contributed by atoms with Crippen LogP contribution in [-0.4, -0.2) is 21.2 Å². The van der Waals surface area contributed by atoms with Crippen LogP contribution in [0.3, 0.4) is 0 Å².